The lowest BCUT2D eigenvalue weighted by molar-refractivity contribution is 0.0535. The first-order valence-electron chi connectivity index (χ1n) is 11.1. The predicted octanol–water partition coefficient (Wildman–Crippen LogP) is 2.69. The first-order valence-corrected chi connectivity index (χ1v) is 11.1. The number of carbonyl (C=O) groups excluding carboxylic acids is 1. The smallest absolute Gasteiger partial charge is 0.338 e. The predicted molar refractivity (Wildman–Crippen MR) is 126 cm³/mol. The van der Waals surface area contributed by atoms with Gasteiger partial charge in [0.2, 0.25) is 0 Å². The Hall–Kier alpha value is -3.74. The number of ether oxygens (including phenoxy) is 2. The molecule has 0 unspecified atom stereocenters. The molecule has 9 nitrogen and oxygen atoms in total. The number of hydrogen-bond acceptors (Lipinski definition) is 8. The highest BCUT2D eigenvalue weighted by Crippen LogP contribution is 2.30. The number of nitrogens with zero attached hydrogens (tertiary/aromatic N) is 5. The Labute approximate surface area is 198 Å². The van der Waals surface area contributed by atoms with Crippen LogP contribution < -0.4 is 10.5 Å². The standard InChI is InChI=1S/C25H28N6O3/c1-16(20-4-5-21-22(17(20)2)14-34-25(21)32)11-30(7-6-26)12-19-13-31(15-29-19)24-8-23(33-3)18(9-27)10-28-24/h4-5,8,10,13,15-16H,6-7,11-12,14,26H2,1-3H3/t16-/m0/s1. The number of nitrogens with two attached hydrogens (primary N) is 1. The molecule has 2 aromatic heterocycles. The zero-order valence-corrected chi connectivity index (χ0v) is 19.6. The molecule has 1 aliphatic heterocycles. The van der Waals surface area contributed by atoms with Crippen molar-refractivity contribution in [2.45, 2.75) is 32.9 Å². The van der Waals surface area contributed by atoms with Crippen molar-refractivity contribution in [1.29, 1.82) is 5.26 Å². The van der Waals surface area contributed by atoms with E-state index in [9.17, 15) is 4.79 Å². The highest BCUT2D eigenvalue weighted by atomic mass is 16.5. The Morgan fingerprint density at radius 1 is 1.38 bits per heavy atom. The Kier molecular flexibility index (Phi) is 6.91. The second-order valence-corrected chi connectivity index (χ2v) is 8.43. The lowest BCUT2D eigenvalue weighted by atomic mass is 9.90. The van der Waals surface area contributed by atoms with Crippen LogP contribution in [0, 0.1) is 18.3 Å². The van der Waals surface area contributed by atoms with Gasteiger partial charge in [-0.05, 0) is 30.0 Å². The van der Waals surface area contributed by atoms with Crippen molar-refractivity contribution in [2.75, 3.05) is 26.7 Å². The fourth-order valence-electron chi connectivity index (χ4n) is 4.42. The van der Waals surface area contributed by atoms with E-state index in [1.165, 1.54) is 18.9 Å². The van der Waals surface area contributed by atoms with E-state index in [1.807, 2.05) is 22.9 Å². The van der Waals surface area contributed by atoms with Crippen LogP contribution in [-0.4, -0.2) is 52.1 Å². The van der Waals surface area contributed by atoms with Crippen LogP contribution in [0.15, 0.2) is 36.9 Å². The summed E-state index contributed by atoms with van der Waals surface area (Å²) in [7, 11) is 1.53. The molecule has 0 saturated heterocycles. The molecule has 0 fully saturated rings. The van der Waals surface area contributed by atoms with Crippen LogP contribution in [0.3, 0.4) is 0 Å². The van der Waals surface area contributed by atoms with E-state index in [-0.39, 0.29) is 11.9 Å². The van der Waals surface area contributed by atoms with E-state index in [2.05, 4.69) is 34.8 Å². The van der Waals surface area contributed by atoms with Crippen molar-refractivity contribution in [2.24, 2.45) is 5.73 Å². The molecule has 0 amide bonds. The number of imidazole rings is 1. The van der Waals surface area contributed by atoms with Gasteiger partial charge in [0.25, 0.3) is 0 Å². The third-order valence-electron chi connectivity index (χ3n) is 6.19. The average Bonchev–Trinajstić information content (AvgIpc) is 3.46. The summed E-state index contributed by atoms with van der Waals surface area (Å²) in [6, 6.07) is 7.69. The normalized spacial score (nSPS) is 13.5. The molecule has 4 rings (SSSR count). The lowest BCUT2D eigenvalue weighted by Crippen LogP contribution is -2.32. The van der Waals surface area contributed by atoms with Crippen LogP contribution in [0.1, 0.15) is 51.1 Å². The molecular formula is C25H28N6O3. The Morgan fingerprint density at radius 3 is 2.94 bits per heavy atom. The molecule has 3 aromatic rings. The number of aromatic nitrogens is 3. The monoisotopic (exact) mass is 460 g/mol. The second kappa shape index (κ2) is 10.0. The Bertz CT molecular complexity index is 1250. The van der Waals surface area contributed by atoms with Gasteiger partial charge in [0.15, 0.2) is 0 Å². The summed E-state index contributed by atoms with van der Waals surface area (Å²) in [5.41, 5.74) is 11.2. The molecule has 0 aliphatic carbocycles. The van der Waals surface area contributed by atoms with Crippen molar-refractivity contribution in [3.05, 3.63) is 70.4 Å². The molecule has 0 bridgehead atoms. The largest absolute Gasteiger partial charge is 0.495 e. The number of cyclic esters (lactones) is 1. The number of nitriles is 1. The van der Waals surface area contributed by atoms with Crippen LogP contribution >= 0.6 is 0 Å². The maximum atomic E-state index is 11.9. The summed E-state index contributed by atoms with van der Waals surface area (Å²) >= 11 is 0. The molecule has 9 heteroatoms. The van der Waals surface area contributed by atoms with Gasteiger partial charge in [0, 0.05) is 44.0 Å². The highest BCUT2D eigenvalue weighted by Gasteiger charge is 2.25. The SMILES string of the molecule is COc1cc(-n2cnc(CN(CCN)C[C@H](C)c3ccc4c(c3C)COC4=O)c2)ncc1C#N. The van der Waals surface area contributed by atoms with E-state index in [0.29, 0.717) is 42.4 Å². The van der Waals surface area contributed by atoms with Crippen LogP contribution in [0.2, 0.25) is 0 Å². The molecule has 0 saturated carbocycles. The average molecular weight is 461 g/mol. The molecular weight excluding hydrogens is 432 g/mol. The number of esters is 1. The van der Waals surface area contributed by atoms with Crippen LogP contribution in [0.4, 0.5) is 0 Å². The summed E-state index contributed by atoms with van der Waals surface area (Å²) in [4.78, 5) is 23.0. The zero-order chi connectivity index (χ0) is 24.2. The van der Waals surface area contributed by atoms with Gasteiger partial charge in [-0.25, -0.2) is 14.8 Å². The number of carbonyl (C=O) groups is 1. The van der Waals surface area contributed by atoms with Gasteiger partial charge < -0.3 is 15.2 Å². The minimum Gasteiger partial charge on any atom is -0.495 e. The number of methoxy groups -OCH3 is 1. The van der Waals surface area contributed by atoms with Gasteiger partial charge in [-0.2, -0.15) is 5.26 Å². The van der Waals surface area contributed by atoms with Crippen LogP contribution in [-0.2, 0) is 17.9 Å². The molecule has 1 aromatic carbocycles. The fourth-order valence-corrected chi connectivity index (χ4v) is 4.42. The van der Waals surface area contributed by atoms with Crippen LogP contribution in [0.25, 0.3) is 5.82 Å². The summed E-state index contributed by atoms with van der Waals surface area (Å²) in [5.74, 6) is 1.09. The van der Waals surface area contributed by atoms with Gasteiger partial charge in [0.1, 0.15) is 36.1 Å². The maximum absolute atomic E-state index is 11.9. The summed E-state index contributed by atoms with van der Waals surface area (Å²) in [6.45, 7) is 7.27. The first kappa shape index (κ1) is 23.4. The number of hydrogen-bond donors (Lipinski definition) is 1. The number of pyridine rings is 1. The molecule has 1 aliphatic rings. The summed E-state index contributed by atoms with van der Waals surface area (Å²) in [6.07, 6.45) is 5.12. The molecule has 176 valence electrons. The van der Waals surface area contributed by atoms with Gasteiger partial charge in [-0.15, -0.1) is 0 Å². The highest BCUT2D eigenvalue weighted by molar-refractivity contribution is 5.94. The summed E-state index contributed by atoms with van der Waals surface area (Å²) in [5, 5.41) is 9.17. The second-order valence-electron chi connectivity index (χ2n) is 8.43. The van der Waals surface area contributed by atoms with Crippen molar-refractivity contribution in [1.82, 2.24) is 19.4 Å². The van der Waals surface area contributed by atoms with Crippen molar-refractivity contribution in [3.63, 3.8) is 0 Å². The first-order chi connectivity index (χ1) is 16.4. The topological polar surface area (TPSA) is 119 Å². The zero-order valence-electron chi connectivity index (χ0n) is 19.6. The number of rotatable bonds is 9. The Balaban J connectivity index is 1.49. The van der Waals surface area contributed by atoms with Gasteiger partial charge in [0.05, 0.1) is 24.6 Å². The maximum Gasteiger partial charge on any atom is 0.338 e. The summed E-state index contributed by atoms with van der Waals surface area (Å²) < 4.78 is 12.3. The quantitative estimate of drug-likeness (QED) is 0.484. The third-order valence-corrected chi connectivity index (χ3v) is 6.19. The van der Waals surface area contributed by atoms with E-state index >= 15 is 0 Å². The van der Waals surface area contributed by atoms with E-state index < -0.39 is 0 Å². The van der Waals surface area contributed by atoms with Crippen molar-refractivity contribution in [3.8, 4) is 17.6 Å². The van der Waals surface area contributed by atoms with Crippen molar-refractivity contribution >= 4 is 5.97 Å². The van der Waals surface area contributed by atoms with Gasteiger partial charge >= 0.3 is 5.97 Å². The van der Waals surface area contributed by atoms with E-state index in [4.69, 9.17) is 20.5 Å². The number of fused-ring (bicyclic) bond motifs is 1. The number of benzene rings is 1. The fraction of sp³-hybridized carbons (Fsp3) is 0.360. The molecule has 0 spiro atoms. The molecule has 2 N–H and O–H groups in total. The van der Waals surface area contributed by atoms with Crippen molar-refractivity contribution < 1.29 is 14.3 Å². The van der Waals surface area contributed by atoms with E-state index in [0.717, 1.165) is 29.9 Å². The third kappa shape index (κ3) is 4.64. The Morgan fingerprint density at radius 2 is 2.21 bits per heavy atom. The van der Waals surface area contributed by atoms with Gasteiger partial charge in [-0.3, -0.25) is 9.47 Å². The van der Waals surface area contributed by atoms with E-state index in [1.54, 1.807) is 12.4 Å². The minimum absolute atomic E-state index is 0.235. The molecule has 1 atom stereocenters. The van der Waals surface area contributed by atoms with Crippen LogP contribution in [0.5, 0.6) is 5.75 Å². The molecule has 0 radical (unpaired) electrons. The van der Waals surface area contributed by atoms with Gasteiger partial charge in [-0.1, -0.05) is 13.0 Å². The molecule has 3 heterocycles. The molecule has 34 heavy (non-hydrogen) atoms. The lowest BCUT2D eigenvalue weighted by Gasteiger charge is -2.26. The minimum atomic E-state index is -0.243.